The van der Waals surface area contributed by atoms with Gasteiger partial charge in [0, 0.05) is 29.7 Å². The predicted molar refractivity (Wildman–Crippen MR) is 161 cm³/mol. The van der Waals surface area contributed by atoms with Crippen molar-refractivity contribution in [2.24, 2.45) is 11.3 Å². The van der Waals surface area contributed by atoms with Crippen molar-refractivity contribution in [1.82, 2.24) is 14.5 Å². The van der Waals surface area contributed by atoms with Crippen molar-refractivity contribution < 1.29 is 0 Å². The second kappa shape index (κ2) is 10.1. The Morgan fingerprint density at radius 2 is 1.76 bits per heavy atom. The van der Waals surface area contributed by atoms with Crippen molar-refractivity contribution in [2.75, 3.05) is 11.9 Å². The third-order valence-corrected chi connectivity index (χ3v) is 7.75. The highest BCUT2D eigenvalue weighted by molar-refractivity contribution is 6.04. The minimum absolute atomic E-state index is 0.127. The predicted octanol–water partition coefficient (Wildman–Crippen LogP) is 8.87. The van der Waals surface area contributed by atoms with Crippen molar-refractivity contribution >= 4 is 38.4 Å². The quantitative estimate of drug-likeness (QED) is 0.218. The highest BCUT2D eigenvalue weighted by Crippen LogP contribution is 2.35. The molecule has 2 heterocycles. The van der Waals surface area contributed by atoms with Crippen molar-refractivity contribution in [1.29, 1.82) is 0 Å². The molecule has 2 aromatic heterocycles. The largest absolute Gasteiger partial charge is 0.385 e. The molecule has 4 nitrogen and oxygen atoms in total. The van der Waals surface area contributed by atoms with Crippen LogP contribution in [0.25, 0.3) is 38.4 Å². The Morgan fingerprint density at radius 1 is 0.947 bits per heavy atom. The SMILES string of the molecule is CCCCc1nc2c(CC(C)(C)C)nc3ccccc3c2n1-c1ccc2ccc(NCCC3CC3)cc2c1. The van der Waals surface area contributed by atoms with Gasteiger partial charge in [-0.15, -0.1) is 0 Å². The highest BCUT2D eigenvalue weighted by Gasteiger charge is 2.23. The van der Waals surface area contributed by atoms with Gasteiger partial charge < -0.3 is 5.32 Å². The zero-order chi connectivity index (χ0) is 26.3. The lowest BCUT2D eigenvalue weighted by atomic mass is 9.89. The number of nitrogens with zero attached hydrogens (tertiary/aromatic N) is 3. The van der Waals surface area contributed by atoms with Gasteiger partial charge in [-0.25, -0.2) is 4.98 Å². The monoisotopic (exact) mass is 504 g/mol. The average molecular weight is 505 g/mol. The van der Waals surface area contributed by atoms with Crippen LogP contribution in [0.5, 0.6) is 0 Å². The maximum absolute atomic E-state index is 5.31. The number of rotatable bonds is 9. The second-order valence-electron chi connectivity index (χ2n) is 12.4. The van der Waals surface area contributed by atoms with Crippen molar-refractivity contribution in [3.63, 3.8) is 0 Å². The van der Waals surface area contributed by atoms with Crippen molar-refractivity contribution in [3.05, 3.63) is 72.2 Å². The number of hydrogen-bond acceptors (Lipinski definition) is 3. The number of hydrogen-bond donors (Lipinski definition) is 1. The first-order chi connectivity index (χ1) is 18.4. The van der Waals surface area contributed by atoms with E-state index in [9.17, 15) is 0 Å². The Morgan fingerprint density at radius 3 is 2.55 bits per heavy atom. The molecule has 5 aromatic rings. The molecular weight excluding hydrogens is 464 g/mol. The van der Waals surface area contributed by atoms with E-state index in [0.29, 0.717) is 0 Å². The Bertz CT molecular complexity index is 1600. The van der Waals surface area contributed by atoms with E-state index >= 15 is 0 Å². The summed E-state index contributed by atoms with van der Waals surface area (Å²) in [6.45, 7) is 10.2. The minimum Gasteiger partial charge on any atom is -0.385 e. The molecule has 1 N–H and O–H groups in total. The van der Waals surface area contributed by atoms with Gasteiger partial charge in [0.25, 0.3) is 0 Å². The van der Waals surface area contributed by atoms with E-state index in [1.807, 2.05) is 0 Å². The van der Waals surface area contributed by atoms with E-state index in [2.05, 4.69) is 98.2 Å². The Hall–Kier alpha value is -3.40. The molecule has 0 unspecified atom stereocenters. The van der Waals surface area contributed by atoms with Crippen molar-refractivity contribution in [2.45, 2.75) is 72.6 Å². The first-order valence-corrected chi connectivity index (χ1v) is 14.5. The molecule has 1 aliphatic carbocycles. The molecule has 0 bridgehead atoms. The lowest BCUT2D eigenvalue weighted by Gasteiger charge is -2.18. The molecule has 0 spiro atoms. The number of nitrogens with one attached hydrogen (secondary N) is 1. The van der Waals surface area contributed by atoms with E-state index in [1.54, 1.807) is 0 Å². The van der Waals surface area contributed by atoms with Gasteiger partial charge in [0.1, 0.15) is 11.3 Å². The molecule has 0 amide bonds. The van der Waals surface area contributed by atoms with Crippen LogP contribution in [-0.4, -0.2) is 21.1 Å². The summed E-state index contributed by atoms with van der Waals surface area (Å²) in [5.41, 5.74) is 6.91. The summed E-state index contributed by atoms with van der Waals surface area (Å²) in [6, 6.07) is 22.2. The van der Waals surface area contributed by atoms with E-state index in [1.165, 1.54) is 52.3 Å². The summed E-state index contributed by atoms with van der Waals surface area (Å²) in [5, 5.41) is 7.35. The zero-order valence-electron chi connectivity index (χ0n) is 23.3. The molecule has 38 heavy (non-hydrogen) atoms. The second-order valence-corrected chi connectivity index (χ2v) is 12.4. The number of para-hydroxylation sites is 1. The van der Waals surface area contributed by atoms with Crippen LogP contribution in [0.4, 0.5) is 5.69 Å². The van der Waals surface area contributed by atoms with E-state index < -0.39 is 0 Å². The number of fused-ring (bicyclic) bond motifs is 4. The van der Waals surface area contributed by atoms with Crippen molar-refractivity contribution in [3.8, 4) is 5.69 Å². The number of aromatic nitrogens is 3. The maximum atomic E-state index is 5.31. The van der Waals surface area contributed by atoms with Gasteiger partial charge in [0.2, 0.25) is 0 Å². The van der Waals surface area contributed by atoms with Gasteiger partial charge in [0.15, 0.2) is 0 Å². The summed E-state index contributed by atoms with van der Waals surface area (Å²) in [4.78, 5) is 10.4. The number of aryl methyl sites for hydroxylation is 1. The number of anilines is 1. The molecule has 3 aromatic carbocycles. The molecule has 0 radical (unpaired) electrons. The highest BCUT2D eigenvalue weighted by atomic mass is 15.1. The van der Waals surface area contributed by atoms with Crippen LogP contribution >= 0.6 is 0 Å². The first kappa shape index (κ1) is 24.9. The molecule has 4 heteroatoms. The molecule has 0 aliphatic heterocycles. The average Bonchev–Trinajstić information content (AvgIpc) is 3.63. The lowest BCUT2D eigenvalue weighted by Crippen LogP contribution is -2.11. The van der Waals surface area contributed by atoms with E-state index in [4.69, 9.17) is 9.97 Å². The smallest absolute Gasteiger partial charge is 0.114 e. The third kappa shape index (κ3) is 5.14. The normalized spacial score (nSPS) is 14.1. The molecule has 196 valence electrons. The first-order valence-electron chi connectivity index (χ1n) is 14.5. The van der Waals surface area contributed by atoms with Gasteiger partial charge in [-0.1, -0.05) is 77.3 Å². The molecular formula is C34H40N4. The number of unbranched alkanes of at least 4 members (excludes halogenated alkanes) is 1. The lowest BCUT2D eigenvalue weighted by molar-refractivity contribution is 0.408. The molecule has 0 atom stereocenters. The molecule has 6 rings (SSSR count). The van der Waals surface area contributed by atoms with Crippen LogP contribution in [0.3, 0.4) is 0 Å². The topological polar surface area (TPSA) is 42.7 Å². The Labute approximate surface area is 226 Å². The standard InChI is InChI=1S/C34H40N4/c1-5-6-11-31-37-32-30(22-34(2,3)4)36-29-10-8-7-9-28(29)33(32)38(31)27-17-15-24-14-16-26(20-25(24)21-27)35-19-18-23-12-13-23/h7-10,14-17,20-21,23,35H,5-6,11-13,18-19,22H2,1-4H3. The van der Waals surface area contributed by atoms with Crippen LogP contribution in [0.1, 0.15) is 71.3 Å². The summed E-state index contributed by atoms with van der Waals surface area (Å²) in [7, 11) is 0. The van der Waals surface area contributed by atoms with Crippen LogP contribution in [-0.2, 0) is 12.8 Å². The van der Waals surface area contributed by atoms with Gasteiger partial charge in [0.05, 0.1) is 16.7 Å². The fraction of sp³-hybridized carbons (Fsp3) is 0.412. The molecule has 0 saturated heterocycles. The van der Waals surface area contributed by atoms with E-state index in [0.717, 1.165) is 60.7 Å². The fourth-order valence-electron chi connectivity index (χ4n) is 5.60. The van der Waals surface area contributed by atoms with Gasteiger partial charge in [-0.05, 0) is 71.7 Å². The third-order valence-electron chi connectivity index (χ3n) is 7.75. The maximum Gasteiger partial charge on any atom is 0.114 e. The van der Waals surface area contributed by atoms with Gasteiger partial charge in [-0.3, -0.25) is 9.55 Å². The number of imidazole rings is 1. The number of pyridine rings is 1. The fourth-order valence-corrected chi connectivity index (χ4v) is 5.60. The van der Waals surface area contributed by atoms with E-state index in [-0.39, 0.29) is 5.41 Å². The van der Waals surface area contributed by atoms with Crippen LogP contribution in [0.2, 0.25) is 0 Å². The summed E-state index contributed by atoms with van der Waals surface area (Å²) in [6.07, 6.45) is 8.20. The van der Waals surface area contributed by atoms with Crippen LogP contribution in [0.15, 0.2) is 60.7 Å². The van der Waals surface area contributed by atoms with Crippen LogP contribution < -0.4 is 5.32 Å². The molecule has 1 saturated carbocycles. The molecule has 1 aliphatic rings. The van der Waals surface area contributed by atoms with Crippen LogP contribution in [0, 0.1) is 11.3 Å². The van der Waals surface area contributed by atoms with Gasteiger partial charge in [-0.2, -0.15) is 0 Å². The summed E-state index contributed by atoms with van der Waals surface area (Å²) < 4.78 is 2.42. The van der Waals surface area contributed by atoms with Gasteiger partial charge >= 0.3 is 0 Å². The minimum atomic E-state index is 0.127. The summed E-state index contributed by atoms with van der Waals surface area (Å²) >= 11 is 0. The molecule has 1 fully saturated rings. The number of benzene rings is 3. The zero-order valence-corrected chi connectivity index (χ0v) is 23.3. The Kier molecular flexibility index (Phi) is 6.59. The summed E-state index contributed by atoms with van der Waals surface area (Å²) in [5.74, 6) is 2.08. The Balaban J connectivity index is 1.52.